The lowest BCUT2D eigenvalue weighted by atomic mass is 9.81. The Hall–Kier alpha value is -8.08. The van der Waals surface area contributed by atoms with Gasteiger partial charge < -0.3 is 9.88 Å². The van der Waals surface area contributed by atoms with E-state index < -0.39 is 0 Å². The largest absolute Gasteiger partial charge is 0.344 e. The molecule has 0 spiro atoms. The topological polar surface area (TPSA) is 41.7 Å². The number of para-hydroxylation sites is 1. The number of benzene rings is 9. The fourth-order valence-electron chi connectivity index (χ4n) is 9.96. The second kappa shape index (κ2) is 15.1. The van der Waals surface area contributed by atoms with E-state index in [2.05, 4.69) is 218 Å². The van der Waals surface area contributed by atoms with Gasteiger partial charge >= 0.3 is 0 Å². The van der Waals surface area contributed by atoms with Crippen LogP contribution in [0.1, 0.15) is 47.8 Å². The molecule has 0 bridgehead atoms. The number of aliphatic imine (C=N–C) groups is 2. The van der Waals surface area contributed by atoms with Crippen molar-refractivity contribution in [2.45, 2.75) is 25.4 Å². The number of amidine groups is 2. The highest BCUT2D eigenvalue weighted by Crippen LogP contribution is 2.49. The zero-order chi connectivity index (χ0) is 42.8. The van der Waals surface area contributed by atoms with Crippen LogP contribution in [-0.2, 0) is 5.41 Å². The van der Waals surface area contributed by atoms with Gasteiger partial charge in [-0.3, -0.25) is 0 Å². The summed E-state index contributed by atoms with van der Waals surface area (Å²) in [4.78, 5) is 10.3. The molecule has 1 atom stereocenters. The molecule has 4 nitrogen and oxygen atoms in total. The molecule has 64 heavy (non-hydrogen) atoms. The highest BCUT2D eigenvalue weighted by Gasteiger charge is 2.35. The summed E-state index contributed by atoms with van der Waals surface area (Å²) in [6, 6.07) is 78.6. The molecule has 10 aromatic rings. The molecule has 1 unspecified atom stereocenters. The minimum Gasteiger partial charge on any atom is -0.344 e. The maximum absolute atomic E-state index is 5.16. The third-order valence-electron chi connectivity index (χ3n) is 13.3. The molecule has 2 aliphatic rings. The van der Waals surface area contributed by atoms with Crippen molar-refractivity contribution in [3.05, 3.63) is 246 Å². The van der Waals surface area contributed by atoms with Gasteiger partial charge in [0.15, 0.2) is 5.84 Å². The van der Waals surface area contributed by atoms with Crippen molar-refractivity contribution < 1.29 is 0 Å². The Bertz CT molecular complexity index is 3480. The van der Waals surface area contributed by atoms with Gasteiger partial charge in [-0.2, -0.15) is 0 Å². The van der Waals surface area contributed by atoms with Crippen molar-refractivity contribution in [2.24, 2.45) is 9.98 Å². The third-order valence-corrected chi connectivity index (χ3v) is 13.3. The van der Waals surface area contributed by atoms with Crippen LogP contribution >= 0.6 is 0 Å². The summed E-state index contributed by atoms with van der Waals surface area (Å²) in [6.45, 7) is 4.69. The number of aromatic nitrogens is 1. The Balaban J connectivity index is 0.900. The number of fused-ring (bicyclic) bond motifs is 6. The van der Waals surface area contributed by atoms with Gasteiger partial charge in [0.25, 0.3) is 0 Å². The zero-order valence-electron chi connectivity index (χ0n) is 35.7. The average molecular weight is 821 g/mol. The summed E-state index contributed by atoms with van der Waals surface area (Å²) in [6.07, 6.45) is -0.312. The lowest BCUT2D eigenvalue weighted by Gasteiger charge is -2.24. The molecule has 0 amide bonds. The molecule has 9 aromatic carbocycles. The standard InChI is InChI=1S/C60H44N4/c1-60(2)53-25-11-9-23-49(53)50-33-31-46(38-54(50)60)44-20-13-19-43(35-44)45-32-34-56-52(37-45)51-24-10-12-26-55(51)64(56)48-22-14-21-47(36-48)59-62-57(41-17-7-4-8-18-41)61-58(63-59)42-29-27-40(28-30-42)39-15-5-3-6-16-39/h3-38,58H,1-2H3,(H,61,62,63). The van der Waals surface area contributed by atoms with Crippen LogP contribution in [0, 0.1) is 0 Å². The minimum absolute atomic E-state index is 0.0453. The summed E-state index contributed by atoms with van der Waals surface area (Å²) in [5.41, 5.74) is 19.1. The number of nitrogens with zero attached hydrogens (tertiary/aromatic N) is 3. The number of rotatable bonds is 7. The SMILES string of the molecule is CC1(C)c2ccccc2-c2ccc(-c3cccc(-c4ccc5c(c4)c4ccccc4n5-c4cccc(C5=NC(c6ccccc6)=NC(c6ccc(-c7ccccc7)cc6)N5)c4)c3)cc21. The zero-order valence-corrected chi connectivity index (χ0v) is 35.7. The maximum atomic E-state index is 5.16. The second-order valence-corrected chi connectivity index (χ2v) is 17.5. The van der Waals surface area contributed by atoms with E-state index in [0.717, 1.165) is 39.2 Å². The molecular weight excluding hydrogens is 777 g/mol. The highest BCUT2D eigenvalue weighted by atomic mass is 15.2. The second-order valence-electron chi connectivity index (χ2n) is 17.5. The first-order chi connectivity index (χ1) is 31.5. The van der Waals surface area contributed by atoms with Crippen LogP contribution in [0.15, 0.2) is 228 Å². The summed E-state index contributed by atoms with van der Waals surface area (Å²) in [7, 11) is 0. The van der Waals surface area contributed by atoms with E-state index in [9.17, 15) is 0 Å². The summed E-state index contributed by atoms with van der Waals surface area (Å²) >= 11 is 0. The predicted molar refractivity (Wildman–Crippen MR) is 266 cm³/mol. The normalized spacial score (nSPS) is 15.0. The monoisotopic (exact) mass is 820 g/mol. The molecule has 1 aliphatic heterocycles. The number of nitrogens with one attached hydrogen (secondary N) is 1. The maximum Gasteiger partial charge on any atom is 0.159 e. The van der Waals surface area contributed by atoms with Crippen LogP contribution in [0.2, 0.25) is 0 Å². The van der Waals surface area contributed by atoms with E-state index >= 15 is 0 Å². The number of hydrogen-bond acceptors (Lipinski definition) is 3. The summed E-state index contributed by atoms with van der Waals surface area (Å²) in [5, 5.41) is 6.14. The molecule has 12 rings (SSSR count). The van der Waals surface area contributed by atoms with E-state index in [1.807, 2.05) is 24.3 Å². The molecule has 1 aromatic heterocycles. The van der Waals surface area contributed by atoms with E-state index in [0.29, 0.717) is 5.84 Å². The van der Waals surface area contributed by atoms with Crippen LogP contribution in [0.25, 0.3) is 72.0 Å². The molecule has 1 N–H and O–H groups in total. The first-order valence-electron chi connectivity index (χ1n) is 22.1. The Morgan fingerprint density at radius 2 is 1.00 bits per heavy atom. The van der Waals surface area contributed by atoms with Crippen LogP contribution < -0.4 is 5.32 Å². The Labute approximate surface area is 373 Å². The van der Waals surface area contributed by atoms with Gasteiger partial charge in [0, 0.05) is 33.0 Å². The molecule has 0 saturated heterocycles. The van der Waals surface area contributed by atoms with Crippen LogP contribution in [0.5, 0.6) is 0 Å². The highest BCUT2D eigenvalue weighted by molar-refractivity contribution is 6.14. The van der Waals surface area contributed by atoms with Crippen molar-refractivity contribution in [3.63, 3.8) is 0 Å². The first-order valence-corrected chi connectivity index (χ1v) is 22.1. The van der Waals surface area contributed by atoms with E-state index in [1.165, 1.54) is 66.4 Å². The Morgan fingerprint density at radius 1 is 0.422 bits per heavy atom. The van der Waals surface area contributed by atoms with Gasteiger partial charge in [-0.15, -0.1) is 0 Å². The predicted octanol–water partition coefficient (Wildman–Crippen LogP) is 14.6. The van der Waals surface area contributed by atoms with Gasteiger partial charge in [0.2, 0.25) is 0 Å². The van der Waals surface area contributed by atoms with Crippen molar-refractivity contribution in [1.82, 2.24) is 9.88 Å². The van der Waals surface area contributed by atoms with Crippen molar-refractivity contribution >= 4 is 33.5 Å². The van der Waals surface area contributed by atoms with Gasteiger partial charge in [-0.1, -0.05) is 190 Å². The molecule has 0 saturated carbocycles. The number of hydrogen-bond donors (Lipinski definition) is 1. The molecule has 4 heteroatoms. The Kier molecular flexibility index (Phi) is 8.87. The third kappa shape index (κ3) is 6.37. The fraction of sp³-hybridized carbons (Fsp3) is 0.0667. The molecule has 2 heterocycles. The van der Waals surface area contributed by atoms with Crippen LogP contribution in [0.4, 0.5) is 0 Å². The van der Waals surface area contributed by atoms with E-state index in [1.54, 1.807) is 0 Å². The van der Waals surface area contributed by atoms with Gasteiger partial charge in [0.05, 0.1) is 11.0 Å². The molecule has 0 radical (unpaired) electrons. The molecule has 304 valence electrons. The van der Waals surface area contributed by atoms with Gasteiger partial charge in [-0.05, 0) is 104 Å². The fourth-order valence-corrected chi connectivity index (χ4v) is 9.96. The van der Waals surface area contributed by atoms with Crippen LogP contribution in [0.3, 0.4) is 0 Å². The average Bonchev–Trinajstić information content (AvgIpc) is 3.82. The van der Waals surface area contributed by atoms with E-state index in [4.69, 9.17) is 9.98 Å². The Morgan fingerprint density at radius 3 is 1.81 bits per heavy atom. The summed E-state index contributed by atoms with van der Waals surface area (Å²) in [5.74, 6) is 1.49. The molecule has 0 fully saturated rings. The summed E-state index contributed by atoms with van der Waals surface area (Å²) < 4.78 is 2.38. The lowest BCUT2D eigenvalue weighted by Crippen LogP contribution is -2.33. The van der Waals surface area contributed by atoms with Gasteiger partial charge in [0.1, 0.15) is 12.0 Å². The van der Waals surface area contributed by atoms with Crippen molar-refractivity contribution in [1.29, 1.82) is 0 Å². The first kappa shape index (κ1) is 37.7. The van der Waals surface area contributed by atoms with E-state index in [-0.39, 0.29) is 11.6 Å². The van der Waals surface area contributed by atoms with Crippen LogP contribution in [-0.4, -0.2) is 16.2 Å². The quantitative estimate of drug-likeness (QED) is 0.171. The van der Waals surface area contributed by atoms with Crippen molar-refractivity contribution in [3.8, 4) is 50.2 Å². The smallest absolute Gasteiger partial charge is 0.159 e. The van der Waals surface area contributed by atoms with Gasteiger partial charge in [-0.25, -0.2) is 9.98 Å². The molecular formula is C60H44N4. The molecule has 1 aliphatic carbocycles. The lowest BCUT2D eigenvalue weighted by molar-refractivity contribution is 0.660. The minimum atomic E-state index is -0.312. The van der Waals surface area contributed by atoms with Crippen molar-refractivity contribution in [2.75, 3.05) is 0 Å².